The van der Waals surface area contributed by atoms with Crippen LogP contribution in [0.2, 0.25) is 0 Å². The molecule has 25 heavy (non-hydrogen) atoms. The van der Waals surface area contributed by atoms with Crippen LogP contribution < -0.4 is 10.6 Å². The monoisotopic (exact) mass is 469 g/mol. The Morgan fingerprint density at radius 2 is 1.92 bits per heavy atom. The third kappa shape index (κ3) is 9.96. The number of guanidine groups is 1. The van der Waals surface area contributed by atoms with Gasteiger partial charge in [-0.1, -0.05) is 13.8 Å². The van der Waals surface area contributed by atoms with Crippen molar-refractivity contribution in [3.63, 3.8) is 0 Å². The van der Waals surface area contributed by atoms with Crippen molar-refractivity contribution in [1.82, 2.24) is 20.4 Å². The van der Waals surface area contributed by atoms with Crippen LogP contribution in [0.5, 0.6) is 0 Å². The van der Waals surface area contributed by atoms with Gasteiger partial charge in [0.2, 0.25) is 0 Å². The van der Waals surface area contributed by atoms with E-state index in [0.717, 1.165) is 58.3 Å². The van der Waals surface area contributed by atoms with Gasteiger partial charge in [0, 0.05) is 45.4 Å². The Morgan fingerprint density at radius 3 is 2.52 bits per heavy atom. The van der Waals surface area contributed by atoms with E-state index in [1.807, 2.05) is 0 Å². The molecule has 0 radical (unpaired) electrons. The van der Waals surface area contributed by atoms with Gasteiger partial charge in [0.1, 0.15) is 0 Å². The molecule has 7 heteroatoms. The van der Waals surface area contributed by atoms with Gasteiger partial charge in [-0.05, 0) is 40.3 Å². The molecule has 2 unspecified atom stereocenters. The summed E-state index contributed by atoms with van der Waals surface area (Å²) < 4.78 is 5.81. The minimum atomic E-state index is 0. The van der Waals surface area contributed by atoms with Crippen molar-refractivity contribution < 1.29 is 4.74 Å². The summed E-state index contributed by atoms with van der Waals surface area (Å²) in [4.78, 5) is 9.59. The molecule has 1 saturated heterocycles. The summed E-state index contributed by atoms with van der Waals surface area (Å²) in [6.07, 6.45) is 1.31. The molecular weight excluding hydrogens is 429 g/mol. The van der Waals surface area contributed by atoms with Crippen molar-refractivity contribution in [2.45, 2.75) is 46.3 Å². The minimum absolute atomic E-state index is 0. The highest BCUT2D eigenvalue weighted by molar-refractivity contribution is 14.0. The fraction of sp³-hybridized carbons (Fsp3) is 0.944. The molecule has 0 bridgehead atoms. The first-order valence-corrected chi connectivity index (χ1v) is 9.50. The number of likely N-dealkylation sites (N-methyl/N-ethyl adjacent to an activating group) is 2. The van der Waals surface area contributed by atoms with Gasteiger partial charge < -0.3 is 20.3 Å². The average molecular weight is 469 g/mol. The van der Waals surface area contributed by atoms with Gasteiger partial charge >= 0.3 is 0 Å². The topological polar surface area (TPSA) is 52.1 Å². The predicted octanol–water partition coefficient (Wildman–Crippen LogP) is 1.86. The highest BCUT2D eigenvalue weighted by atomic mass is 127. The number of piperazine rings is 1. The Balaban J connectivity index is 0.00000576. The predicted molar refractivity (Wildman–Crippen MR) is 118 cm³/mol. The second-order valence-electron chi connectivity index (χ2n) is 7.07. The van der Waals surface area contributed by atoms with Crippen LogP contribution in [0.1, 0.15) is 34.1 Å². The zero-order chi connectivity index (χ0) is 17.9. The highest BCUT2D eigenvalue weighted by Crippen LogP contribution is 2.10. The summed E-state index contributed by atoms with van der Waals surface area (Å²) in [6, 6.07) is 0.492. The SMILES string of the molecule is CCNC(=NCC1CN(C)CCN1C)NCCC(OCC)C(C)C.I. The lowest BCUT2D eigenvalue weighted by Crippen LogP contribution is -2.51. The fourth-order valence-electron chi connectivity index (χ4n) is 2.99. The Kier molecular flexibility index (Phi) is 13.9. The third-order valence-corrected chi connectivity index (χ3v) is 4.63. The van der Waals surface area contributed by atoms with Gasteiger partial charge in [-0.15, -0.1) is 24.0 Å². The number of aliphatic imine (C=N–C) groups is 1. The van der Waals surface area contributed by atoms with Gasteiger partial charge in [-0.25, -0.2) is 0 Å². The molecule has 1 heterocycles. The van der Waals surface area contributed by atoms with Crippen LogP contribution in [0, 0.1) is 5.92 Å². The number of hydrogen-bond donors (Lipinski definition) is 2. The standard InChI is InChI=1S/C18H39N5O.HI/c1-7-19-18(20-10-9-17(15(3)4)24-8-2)21-13-16-14-22(5)11-12-23(16)6;/h15-17H,7-14H2,1-6H3,(H2,19,20,21);1H. The normalized spacial score (nSPS) is 21.1. The largest absolute Gasteiger partial charge is 0.378 e. The molecule has 1 fully saturated rings. The van der Waals surface area contributed by atoms with Crippen LogP contribution in [0.25, 0.3) is 0 Å². The number of nitrogens with zero attached hydrogens (tertiary/aromatic N) is 3. The smallest absolute Gasteiger partial charge is 0.191 e. The quantitative estimate of drug-likeness (QED) is 0.307. The molecule has 0 amide bonds. The summed E-state index contributed by atoms with van der Waals surface area (Å²) in [5, 5.41) is 6.81. The van der Waals surface area contributed by atoms with E-state index < -0.39 is 0 Å². The van der Waals surface area contributed by atoms with Crippen LogP contribution in [0.3, 0.4) is 0 Å². The first kappa shape index (κ1) is 24.9. The molecule has 0 saturated carbocycles. The van der Waals surface area contributed by atoms with Crippen LogP contribution in [0.15, 0.2) is 4.99 Å². The molecule has 2 N–H and O–H groups in total. The van der Waals surface area contributed by atoms with Crippen LogP contribution >= 0.6 is 24.0 Å². The first-order chi connectivity index (χ1) is 11.5. The number of nitrogens with one attached hydrogen (secondary N) is 2. The van der Waals surface area contributed by atoms with E-state index in [4.69, 9.17) is 9.73 Å². The lowest BCUT2D eigenvalue weighted by molar-refractivity contribution is 0.0258. The maximum Gasteiger partial charge on any atom is 0.191 e. The van der Waals surface area contributed by atoms with E-state index in [-0.39, 0.29) is 24.0 Å². The van der Waals surface area contributed by atoms with Crippen LogP contribution in [0.4, 0.5) is 0 Å². The molecule has 1 aliphatic heterocycles. The van der Waals surface area contributed by atoms with Crippen molar-refractivity contribution >= 4 is 29.9 Å². The van der Waals surface area contributed by atoms with Gasteiger partial charge in [-0.3, -0.25) is 9.89 Å². The number of rotatable bonds is 9. The first-order valence-electron chi connectivity index (χ1n) is 9.50. The molecule has 1 rings (SSSR count). The summed E-state index contributed by atoms with van der Waals surface area (Å²) in [5.41, 5.74) is 0. The minimum Gasteiger partial charge on any atom is -0.378 e. The molecule has 0 aromatic carbocycles. The van der Waals surface area contributed by atoms with Crippen molar-refractivity contribution in [2.24, 2.45) is 10.9 Å². The van der Waals surface area contributed by atoms with Crippen molar-refractivity contribution in [1.29, 1.82) is 0 Å². The molecule has 0 aliphatic carbocycles. The summed E-state index contributed by atoms with van der Waals surface area (Å²) in [5.74, 6) is 1.45. The summed E-state index contributed by atoms with van der Waals surface area (Å²) in [6.45, 7) is 15.3. The Bertz CT molecular complexity index is 367. The maximum absolute atomic E-state index is 5.81. The Labute approximate surface area is 172 Å². The van der Waals surface area contributed by atoms with E-state index in [2.05, 4.69) is 62.2 Å². The van der Waals surface area contributed by atoms with Crippen molar-refractivity contribution in [3.8, 4) is 0 Å². The van der Waals surface area contributed by atoms with Crippen molar-refractivity contribution in [2.75, 3.05) is 60.0 Å². The summed E-state index contributed by atoms with van der Waals surface area (Å²) in [7, 11) is 4.38. The molecule has 0 spiro atoms. The molecule has 2 atom stereocenters. The number of hydrogen-bond acceptors (Lipinski definition) is 4. The second-order valence-corrected chi connectivity index (χ2v) is 7.07. The molecule has 0 aromatic rings. The molecule has 6 nitrogen and oxygen atoms in total. The zero-order valence-corrected chi connectivity index (χ0v) is 19.4. The lowest BCUT2D eigenvalue weighted by atomic mass is 10.0. The highest BCUT2D eigenvalue weighted by Gasteiger charge is 2.21. The maximum atomic E-state index is 5.81. The van der Waals surface area contributed by atoms with Gasteiger partial charge in [0.05, 0.1) is 12.6 Å². The Hall–Kier alpha value is -0.120. The van der Waals surface area contributed by atoms with Crippen LogP contribution in [-0.4, -0.2) is 87.9 Å². The third-order valence-electron chi connectivity index (χ3n) is 4.63. The van der Waals surface area contributed by atoms with Gasteiger partial charge in [0.25, 0.3) is 0 Å². The fourth-order valence-corrected chi connectivity index (χ4v) is 2.99. The van der Waals surface area contributed by atoms with E-state index in [1.165, 1.54) is 0 Å². The lowest BCUT2D eigenvalue weighted by Gasteiger charge is -2.36. The molecule has 1 aliphatic rings. The van der Waals surface area contributed by atoms with E-state index in [1.54, 1.807) is 0 Å². The number of ether oxygens (including phenoxy) is 1. The zero-order valence-electron chi connectivity index (χ0n) is 17.0. The van der Waals surface area contributed by atoms with Gasteiger partial charge in [-0.2, -0.15) is 0 Å². The second kappa shape index (κ2) is 14.0. The number of halogens is 1. The van der Waals surface area contributed by atoms with Crippen molar-refractivity contribution in [3.05, 3.63) is 0 Å². The molecule has 0 aromatic heterocycles. The Morgan fingerprint density at radius 1 is 1.20 bits per heavy atom. The van der Waals surface area contributed by atoms with E-state index in [9.17, 15) is 0 Å². The van der Waals surface area contributed by atoms with Crippen LogP contribution in [-0.2, 0) is 4.74 Å². The molecular formula is C18H40IN5O. The van der Waals surface area contributed by atoms with E-state index >= 15 is 0 Å². The average Bonchev–Trinajstić information content (AvgIpc) is 2.54. The van der Waals surface area contributed by atoms with E-state index in [0.29, 0.717) is 18.1 Å². The van der Waals surface area contributed by atoms with Gasteiger partial charge in [0.15, 0.2) is 5.96 Å². The molecule has 150 valence electrons. The summed E-state index contributed by atoms with van der Waals surface area (Å²) >= 11 is 0.